The number of aliphatic hydroxyl groups excluding tert-OH is 1. The highest BCUT2D eigenvalue weighted by Crippen LogP contribution is 2.32. The summed E-state index contributed by atoms with van der Waals surface area (Å²) in [7, 11) is 0. The number of rotatable bonds is 9. The highest BCUT2D eigenvalue weighted by molar-refractivity contribution is 7.99. The van der Waals surface area contributed by atoms with Gasteiger partial charge < -0.3 is 9.94 Å². The van der Waals surface area contributed by atoms with E-state index < -0.39 is 0 Å². The van der Waals surface area contributed by atoms with Gasteiger partial charge >= 0.3 is 0 Å². The summed E-state index contributed by atoms with van der Waals surface area (Å²) in [5.41, 5.74) is 1.00. The fourth-order valence-electron chi connectivity index (χ4n) is 2.88. The second kappa shape index (κ2) is 9.93. The number of aliphatic hydroxyl groups is 1. The summed E-state index contributed by atoms with van der Waals surface area (Å²) < 4.78 is 0. The lowest BCUT2D eigenvalue weighted by molar-refractivity contribution is -0.116. The van der Waals surface area contributed by atoms with Gasteiger partial charge in [-0.2, -0.15) is 11.8 Å². The third-order valence-corrected chi connectivity index (χ3v) is 4.81. The lowest BCUT2D eigenvalue weighted by Crippen LogP contribution is -2.26. The summed E-state index contributed by atoms with van der Waals surface area (Å²) in [4.78, 5) is 17.6. The molecule has 0 aromatic heterocycles. The van der Waals surface area contributed by atoms with Crippen molar-refractivity contribution in [3.8, 4) is 0 Å². The Hall–Kier alpha value is -0.970. The average molecular weight is 327 g/mol. The highest BCUT2D eigenvalue weighted by atomic mass is 32.2. The van der Waals surface area contributed by atoms with Crippen LogP contribution in [0.25, 0.3) is 0 Å². The van der Waals surface area contributed by atoms with E-state index >= 15 is 0 Å². The van der Waals surface area contributed by atoms with E-state index in [2.05, 4.69) is 19.0 Å². The maximum absolute atomic E-state index is 12.5. The van der Waals surface area contributed by atoms with Crippen LogP contribution in [0.2, 0.25) is 0 Å². The first-order valence-electron chi connectivity index (χ1n) is 8.29. The lowest BCUT2D eigenvalue weighted by atomic mass is 9.82. The first-order chi connectivity index (χ1) is 10.5. The molecule has 0 spiro atoms. The molecule has 0 aliphatic heterocycles. The molecule has 0 aromatic rings. The highest BCUT2D eigenvalue weighted by Gasteiger charge is 2.31. The maximum atomic E-state index is 12.5. The van der Waals surface area contributed by atoms with Crippen molar-refractivity contribution in [2.75, 3.05) is 12.4 Å². The molecule has 2 atom stereocenters. The standard InChI is InChI=1S/C17H29NO3S/c1-5-8-14(18-21-6-2)17-15(19)10-13(11-16(17)20)9-12(4)22-7-3/h12-13,19H,5-11H2,1-4H3/b18-14+. The number of oxime groups is 1. The van der Waals surface area contributed by atoms with Crippen molar-refractivity contribution >= 4 is 23.3 Å². The van der Waals surface area contributed by atoms with Crippen LogP contribution in [0.5, 0.6) is 0 Å². The predicted octanol–water partition coefficient (Wildman–Crippen LogP) is 4.50. The quantitative estimate of drug-likeness (QED) is 0.500. The molecular weight excluding hydrogens is 298 g/mol. The van der Waals surface area contributed by atoms with Crippen LogP contribution in [0.4, 0.5) is 0 Å². The largest absolute Gasteiger partial charge is 0.511 e. The number of allylic oxidation sites excluding steroid dienone is 2. The minimum Gasteiger partial charge on any atom is -0.511 e. The van der Waals surface area contributed by atoms with Gasteiger partial charge in [-0.15, -0.1) is 0 Å². The van der Waals surface area contributed by atoms with E-state index in [1.165, 1.54) is 0 Å². The Morgan fingerprint density at radius 3 is 2.68 bits per heavy atom. The summed E-state index contributed by atoms with van der Waals surface area (Å²) in [6, 6.07) is 0. The Morgan fingerprint density at radius 2 is 2.14 bits per heavy atom. The zero-order valence-electron chi connectivity index (χ0n) is 14.2. The van der Waals surface area contributed by atoms with E-state index in [4.69, 9.17) is 4.84 Å². The van der Waals surface area contributed by atoms with Crippen molar-refractivity contribution in [2.24, 2.45) is 11.1 Å². The van der Waals surface area contributed by atoms with Gasteiger partial charge in [0, 0.05) is 18.1 Å². The van der Waals surface area contributed by atoms with Gasteiger partial charge in [-0.05, 0) is 31.4 Å². The second-order valence-corrected chi connectivity index (χ2v) is 7.44. The molecule has 0 bridgehead atoms. The SMILES string of the molecule is CCC/C(=N\OCC)C1=C(O)CC(CC(C)SCC)CC1=O. The van der Waals surface area contributed by atoms with Gasteiger partial charge in [0.1, 0.15) is 12.4 Å². The third kappa shape index (κ3) is 5.67. The van der Waals surface area contributed by atoms with Crippen LogP contribution in [0, 0.1) is 5.92 Å². The molecule has 0 fully saturated rings. The molecule has 1 rings (SSSR count). The van der Waals surface area contributed by atoms with Crippen molar-refractivity contribution in [3.63, 3.8) is 0 Å². The molecule has 0 saturated heterocycles. The summed E-state index contributed by atoms with van der Waals surface area (Å²) in [5.74, 6) is 1.52. The monoisotopic (exact) mass is 327 g/mol. The molecule has 0 radical (unpaired) electrons. The van der Waals surface area contributed by atoms with Crippen LogP contribution in [-0.4, -0.2) is 34.2 Å². The van der Waals surface area contributed by atoms with Gasteiger partial charge in [-0.3, -0.25) is 4.79 Å². The molecule has 0 aromatic carbocycles. The Bertz CT molecular complexity index is 432. The zero-order chi connectivity index (χ0) is 16.5. The van der Waals surface area contributed by atoms with Gasteiger partial charge in [0.25, 0.3) is 0 Å². The van der Waals surface area contributed by atoms with Crippen LogP contribution in [0.3, 0.4) is 0 Å². The lowest BCUT2D eigenvalue weighted by Gasteiger charge is -2.25. The summed E-state index contributed by atoms with van der Waals surface area (Å²) >= 11 is 1.90. The van der Waals surface area contributed by atoms with Crippen LogP contribution in [0.15, 0.2) is 16.5 Å². The summed E-state index contributed by atoms with van der Waals surface area (Å²) in [6.45, 7) is 8.67. The Labute approximate surface area is 138 Å². The molecule has 0 amide bonds. The summed E-state index contributed by atoms with van der Waals surface area (Å²) in [5, 5.41) is 14.9. The van der Waals surface area contributed by atoms with Crippen molar-refractivity contribution in [2.45, 2.75) is 65.0 Å². The molecule has 1 N–H and O–H groups in total. The van der Waals surface area contributed by atoms with Crippen molar-refractivity contribution < 1.29 is 14.7 Å². The number of carbonyl (C=O) groups is 1. The molecular formula is C17H29NO3S. The molecule has 22 heavy (non-hydrogen) atoms. The second-order valence-electron chi connectivity index (χ2n) is 5.73. The summed E-state index contributed by atoms with van der Waals surface area (Å²) in [6.07, 6.45) is 3.56. The fraction of sp³-hybridized carbons (Fsp3) is 0.765. The minimum atomic E-state index is 0.00866. The van der Waals surface area contributed by atoms with Gasteiger partial charge in [0.05, 0.1) is 11.3 Å². The topological polar surface area (TPSA) is 58.9 Å². The Morgan fingerprint density at radius 1 is 1.41 bits per heavy atom. The smallest absolute Gasteiger partial charge is 0.168 e. The van der Waals surface area contributed by atoms with Crippen LogP contribution >= 0.6 is 11.8 Å². The van der Waals surface area contributed by atoms with E-state index in [-0.39, 0.29) is 17.5 Å². The number of hydrogen-bond acceptors (Lipinski definition) is 5. The molecule has 126 valence electrons. The van der Waals surface area contributed by atoms with Gasteiger partial charge in [-0.1, -0.05) is 32.3 Å². The fourth-order valence-corrected chi connectivity index (χ4v) is 3.86. The molecule has 0 heterocycles. The zero-order valence-corrected chi connectivity index (χ0v) is 15.0. The normalized spacial score (nSPS) is 21.2. The number of hydrogen-bond donors (Lipinski definition) is 1. The van der Waals surface area contributed by atoms with Crippen molar-refractivity contribution in [3.05, 3.63) is 11.3 Å². The van der Waals surface area contributed by atoms with Crippen molar-refractivity contribution in [1.29, 1.82) is 0 Å². The van der Waals surface area contributed by atoms with Crippen LogP contribution < -0.4 is 0 Å². The number of Topliss-reactive ketones (excluding diaryl/α,β-unsaturated/α-hetero) is 1. The number of thioether (sulfide) groups is 1. The Kier molecular flexibility index (Phi) is 8.61. The minimum absolute atomic E-state index is 0.00866. The first-order valence-corrected chi connectivity index (χ1v) is 9.34. The third-order valence-electron chi connectivity index (χ3n) is 3.72. The van der Waals surface area contributed by atoms with Gasteiger partial charge in [-0.25, -0.2) is 0 Å². The molecule has 5 heteroatoms. The van der Waals surface area contributed by atoms with E-state index in [1.807, 2.05) is 25.6 Å². The Balaban J connectivity index is 2.85. The number of ketones is 1. The average Bonchev–Trinajstić information content (AvgIpc) is 2.44. The van der Waals surface area contributed by atoms with Crippen LogP contribution in [0.1, 0.15) is 59.8 Å². The first kappa shape index (κ1) is 19.1. The molecule has 0 saturated carbocycles. The predicted molar refractivity (Wildman–Crippen MR) is 93.6 cm³/mol. The molecule has 2 unspecified atom stereocenters. The maximum Gasteiger partial charge on any atom is 0.168 e. The van der Waals surface area contributed by atoms with Crippen molar-refractivity contribution in [1.82, 2.24) is 0 Å². The van der Waals surface area contributed by atoms with E-state index in [9.17, 15) is 9.90 Å². The van der Waals surface area contributed by atoms with Gasteiger partial charge in [0.15, 0.2) is 5.78 Å². The van der Waals surface area contributed by atoms with Crippen LogP contribution in [-0.2, 0) is 9.63 Å². The van der Waals surface area contributed by atoms with E-state index in [0.29, 0.717) is 42.4 Å². The molecule has 4 nitrogen and oxygen atoms in total. The number of carbonyl (C=O) groups excluding carboxylic acids is 1. The van der Waals surface area contributed by atoms with E-state index in [1.54, 1.807) is 0 Å². The number of nitrogens with zero attached hydrogens (tertiary/aromatic N) is 1. The van der Waals surface area contributed by atoms with E-state index in [0.717, 1.165) is 18.6 Å². The van der Waals surface area contributed by atoms with Gasteiger partial charge in [0.2, 0.25) is 0 Å². The molecule has 1 aliphatic carbocycles. The molecule has 1 aliphatic rings.